The smallest absolute Gasteiger partial charge is 0.246 e. The van der Waals surface area contributed by atoms with Crippen LogP contribution in [0.2, 0.25) is 0 Å². The fraction of sp³-hybridized carbons (Fsp3) is 0.611. The van der Waals surface area contributed by atoms with Gasteiger partial charge in [-0.3, -0.25) is 9.69 Å². The molecule has 1 aliphatic carbocycles. The van der Waals surface area contributed by atoms with Crippen LogP contribution in [0.4, 0.5) is 5.69 Å². The number of carbonyl (C=O) groups excluding carboxylic acids is 1. The summed E-state index contributed by atoms with van der Waals surface area (Å²) in [5, 5.41) is 0. The minimum absolute atomic E-state index is 0.0767. The molecule has 1 aromatic rings. The van der Waals surface area contributed by atoms with E-state index in [1.807, 2.05) is 25.2 Å². The quantitative estimate of drug-likeness (QED) is 0.843. The monoisotopic (exact) mass is 332 g/mol. The summed E-state index contributed by atoms with van der Waals surface area (Å²) >= 11 is 0. The largest absolute Gasteiger partial charge is 0.454 e. The van der Waals surface area contributed by atoms with Crippen LogP contribution in [0, 0.1) is 5.92 Å². The molecule has 6 nitrogen and oxygen atoms in total. The summed E-state index contributed by atoms with van der Waals surface area (Å²) in [6, 6.07) is 5.41. The second-order valence-corrected chi connectivity index (χ2v) is 6.82. The zero-order valence-electron chi connectivity index (χ0n) is 14.1. The third-order valence-electron chi connectivity index (χ3n) is 5.32. The summed E-state index contributed by atoms with van der Waals surface area (Å²) < 4.78 is 16.3. The van der Waals surface area contributed by atoms with E-state index in [1.54, 1.807) is 4.90 Å². The minimum Gasteiger partial charge on any atom is -0.454 e. The van der Waals surface area contributed by atoms with Crippen LogP contribution in [0.5, 0.6) is 11.5 Å². The molecule has 1 amide bonds. The second kappa shape index (κ2) is 6.61. The Morgan fingerprint density at radius 1 is 1.29 bits per heavy atom. The van der Waals surface area contributed by atoms with Crippen LogP contribution in [-0.2, 0) is 9.53 Å². The molecule has 6 heteroatoms. The Hall–Kier alpha value is -1.79. The van der Waals surface area contributed by atoms with Crippen molar-refractivity contribution in [1.82, 2.24) is 4.90 Å². The highest BCUT2D eigenvalue weighted by Gasteiger charge is 2.34. The Labute approximate surface area is 142 Å². The predicted octanol–water partition coefficient (Wildman–Crippen LogP) is 1.88. The lowest BCUT2D eigenvalue weighted by molar-refractivity contribution is -0.130. The summed E-state index contributed by atoms with van der Waals surface area (Å²) in [5.74, 6) is 2.24. The maximum Gasteiger partial charge on any atom is 0.246 e. The first-order valence-corrected chi connectivity index (χ1v) is 8.71. The second-order valence-electron chi connectivity index (χ2n) is 6.82. The molecule has 0 aromatic heterocycles. The van der Waals surface area contributed by atoms with E-state index in [9.17, 15) is 4.79 Å². The molecule has 0 radical (unpaired) electrons. The van der Waals surface area contributed by atoms with Crippen molar-refractivity contribution in [3.05, 3.63) is 18.2 Å². The van der Waals surface area contributed by atoms with Crippen molar-refractivity contribution >= 4 is 11.6 Å². The number of benzene rings is 1. The number of morpholine rings is 1. The van der Waals surface area contributed by atoms with Crippen LogP contribution in [0.15, 0.2) is 18.2 Å². The number of anilines is 1. The van der Waals surface area contributed by atoms with Gasteiger partial charge in [-0.25, -0.2) is 0 Å². The number of nitrogens with zero attached hydrogens (tertiary/aromatic N) is 2. The van der Waals surface area contributed by atoms with Crippen molar-refractivity contribution in [2.24, 2.45) is 5.92 Å². The van der Waals surface area contributed by atoms with Gasteiger partial charge in [0.25, 0.3) is 0 Å². The highest BCUT2D eigenvalue weighted by atomic mass is 16.7. The standard InChI is InChI=1S/C18H24N2O4/c1-19(14-5-6-16-17(9-14)24-12-23-16)18(21)15-11-22-8-7-20(15)10-13-3-2-4-13/h5-6,9,13,15H,2-4,7-8,10-12H2,1H3. The summed E-state index contributed by atoms with van der Waals surface area (Å²) in [6.45, 7) is 3.27. The van der Waals surface area contributed by atoms with E-state index < -0.39 is 0 Å². The zero-order valence-corrected chi connectivity index (χ0v) is 14.1. The van der Waals surface area contributed by atoms with Gasteiger partial charge in [-0.05, 0) is 30.9 Å². The predicted molar refractivity (Wildman–Crippen MR) is 89.5 cm³/mol. The highest BCUT2D eigenvalue weighted by Crippen LogP contribution is 2.35. The topological polar surface area (TPSA) is 51.2 Å². The molecule has 1 unspecified atom stereocenters. The average molecular weight is 332 g/mol. The molecule has 0 spiro atoms. The average Bonchev–Trinajstić information content (AvgIpc) is 3.05. The number of hydrogen-bond acceptors (Lipinski definition) is 5. The summed E-state index contributed by atoms with van der Waals surface area (Å²) in [4.78, 5) is 17.0. The summed E-state index contributed by atoms with van der Waals surface area (Å²) in [5.41, 5.74) is 0.818. The lowest BCUT2D eigenvalue weighted by Crippen LogP contribution is -2.55. The van der Waals surface area contributed by atoms with Gasteiger partial charge < -0.3 is 19.1 Å². The molecule has 2 fully saturated rings. The minimum atomic E-state index is -0.199. The Balaban J connectivity index is 1.48. The van der Waals surface area contributed by atoms with Gasteiger partial charge in [0.1, 0.15) is 6.04 Å². The van der Waals surface area contributed by atoms with Crippen LogP contribution in [-0.4, -0.2) is 57.0 Å². The van der Waals surface area contributed by atoms with Crippen molar-refractivity contribution in [2.75, 3.05) is 45.0 Å². The van der Waals surface area contributed by atoms with Gasteiger partial charge in [0.05, 0.1) is 13.2 Å². The molecule has 1 aromatic carbocycles. The van der Waals surface area contributed by atoms with Gasteiger partial charge in [-0.15, -0.1) is 0 Å². The van der Waals surface area contributed by atoms with Crippen molar-refractivity contribution in [3.8, 4) is 11.5 Å². The molecule has 130 valence electrons. The first kappa shape index (κ1) is 15.7. The van der Waals surface area contributed by atoms with Gasteiger partial charge in [-0.2, -0.15) is 0 Å². The van der Waals surface area contributed by atoms with Crippen molar-refractivity contribution in [1.29, 1.82) is 0 Å². The molecule has 24 heavy (non-hydrogen) atoms. The first-order valence-electron chi connectivity index (χ1n) is 8.71. The molecule has 0 N–H and O–H groups in total. The maximum absolute atomic E-state index is 13.0. The van der Waals surface area contributed by atoms with E-state index in [1.165, 1.54) is 19.3 Å². The van der Waals surface area contributed by atoms with Crippen molar-refractivity contribution in [2.45, 2.75) is 25.3 Å². The van der Waals surface area contributed by atoms with Crippen LogP contribution < -0.4 is 14.4 Å². The van der Waals surface area contributed by atoms with Gasteiger partial charge in [0.15, 0.2) is 11.5 Å². The van der Waals surface area contributed by atoms with E-state index >= 15 is 0 Å². The number of carbonyl (C=O) groups is 1. The number of ether oxygens (including phenoxy) is 3. The lowest BCUT2D eigenvalue weighted by atomic mass is 9.84. The normalized spacial score (nSPS) is 23.8. The molecule has 4 rings (SSSR count). The fourth-order valence-corrected chi connectivity index (χ4v) is 3.54. The Morgan fingerprint density at radius 2 is 2.12 bits per heavy atom. The van der Waals surface area contributed by atoms with Gasteiger partial charge >= 0.3 is 0 Å². The number of fused-ring (bicyclic) bond motifs is 1. The van der Waals surface area contributed by atoms with E-state index in [0.717, 1.165) is 30.4 Å². The van der Waals surface area contributed by atoms with Crippen LogP contribution in [0.1, 0.15) is 19.3 Å². The third-order valence-corrected chi connectivity index (χ3v) is 5.32. The molecule has 1 atom stereocenters. The van der Waals surface area contributed by atoms with E-state index in [2.05, 4.69) is 4.90 Å². The SMILES string of the molecule is CN(C(=O)C1COCCN1CC1CCC1)c1ccc2c(c1)OCO2. The van der Waals surface area contributed by atoms with Crippen molar-refractivity contribution < 1.29 is 19.0 Å². The summed E-state index contributed by atoms with van der Waals surface area (Å²) in [6.07, 6.45) is 3.90. The number of amides is 1. The van der Waals surface area contributed by atoms with E-state index in [-0.39, 0.29) is 18.7 Å². The Morgan fingerprint density at radius 3 is 2.92 bits per heavy atom. The third kappa shape index (κ3) is 2.96. The lowest BCUT2D eigenvalue weighted by Gasteiger charge is -2.40. The van der Waals surface area contributed by atoms with Gasteiger partial charge in [0, 0.05) is 31.9 Å². The molecule has 1 saturated carbocycles. The number of likely N-dealkylation sites (N-methyl/N-ethyl adjacent to an activating group) is 1. The highest BCUT2D eigenvalue weighted by molar-refractivity contribution is 5.97. The fourth-order valence-electron chi connectivity index (χ4n) is 3.54. The zero-order chi connectivity index (χ0) is 16.5. The van der Waals surface area contributed by atoms with Crippen LogP contribution in [0.25, 0.3) is 0 Å². The van der Waals surface area contributed by atoms with Gasteiger partial charge in [-0.1, -0.05) is 6.42 Å². The first-order chi connectivity index (χ1) is 11.7. The molecule has 2 heterocycles. The molecule has 0 bridgehead atoms. The maximum atomic E-state index is 13.0. The Kier molecular flexibility index (Phi) is 4.33. The molecule has 1 saturated heterocycles. The molecule has 2 aliphatic heterocycles. The number of hydrogen-bond donors (Lipinski definition) is 0. The van der Waals surface area contributed by atoms with Gasteiger partial charge in [0.2, 0.25) is 12.7 Å². The van der Waals surface area contributed by atoms with Crippen molar-refractivity contribution in [3.63, 3.8) is 0 Å². The molecular weight excluding hydrogens is 308 g/mol. The van der Waals surface area contributed by atoms with Crippen LogP contribution >= 0.6 is 0 Å². The molecular formula is C18H24N2O4. The summed E-state index contributed by atoms with van der Waals surface area (Å²) in [7, 11) is 1.82. The molecule has 3 aliphatic rings. The van der Waals surface area contributed by atoms with E-state index in [4.69, 9.17) is 14.2 Å². The van der Waals surface area contributed by atoms with E-state index in [0.29, 0.717) is 19.0 Å². The Bertz CT molecular complexity index is 617. The van der Waals surface area contributed by atoms with Crippen LogP contribution in [0.3, 0.4) is 0 Å². The number of rotatable bonds is 4.